The van der Waals surface area contributed by atoms with Gasteiger partial charge in [0.05, 0.1) is 16.1 Å². The van der Waals surface area contributed by atoms with Crippen LogP contribution in [0.25, 0.3) is 0 Å². The van der Waals surface area contributed by atoms with Crippen LogP contribution in [0.15, 0.2) is 30.6 Å². The number of nitrogens with two attached hydrogens (primary N) is 1. The number of carbonyl (C=O) groups excluding carboxylic acids is 2. The van der Waals surface area contributed by atoms with Gasteiger partial charge in [-0.1, -0.05) is 23.7 Å². The van der Waals surface area contributed by atoms with Gasteiger partial charge in [0.2, 0.25) is 5.95 Å². The fraction of sp³-hybridized carbons (Fsp3) is 0.294. The molecule has 2 amide bonds. The van der Waals surface area contributed by atoms with Crippen LogP contribution in [0, 0.1) is 5.82 Å². The molecule has 0 atom stereocenters. The van der Waals surface area contributed by atoms with Crippen molar-refractivity contribution in [2.75, 3.05) is 5.32 Å². The number of benzene rings is 1. The minimum Gasteiger partial charge on any atom is -0.345 e. The molecule has 0 bridgehead atoms. The lowest BCUT2D eigenvalue weighted by molar-refractivity contribution is -0.140. The van der Waals surface area contributed by atoms with Crippen molar-refractivity contribution in [1.82, 2.24) is 15.0 Å². The predicted molar refractivity (Wildman–Crippen MR) is 94.0 cm³/mol. The molecule has 0 spiro atoms. The van der Waals surface area contributed by atoms with E-state index in [2.05, 4.69) is 15.3 Å². The lowest BCUT2D eigenvalue weighted by Gasteiger charge is -2.43. The molecular formula is C17H15ClF3N5O2. The third-order valence-corrected chi connectivity index (χ3v) is 4.86. The fourth-order valence-corrected chi connectivity index (χ4v) is 3.10. The molecule has 2 aromatic rings. The third kappa shape index (κ3) is 3.65. The van der Waals surface area contributed by atoms with E-state index < -0.39 is 29.6 Å². The predicted octanol–water partition coefficient (Wildman–Crippen LogP) is 2.87. The van der Waals surface area contributed by atoms with Crippen LogP contribution < -0.4 is 11.2 Å². The van der Waals surface area contributed by atoms with Crippen LogP contribution in [-0.4, -0.2) is 33.2 Å². The SMILES string of the molecule is NN(C(=O)c1cnc(NC2(c3cccc(Cl)c3F)CCC2)nc1)C(=O)C(F)F. The minimum absolute atomic E-state index is 0.000766. The number of nitrogens with zero attached hydrogens (tertiary/aromatic N) is 3. The number of hydrogen-bond acceptors (Lipinski definition) is 6. The normalized spacial score (nSPS) is 15.1. The summed E-state index contributed by atoms with van der Waals surface area (Å²) in [4.78, 5) is 30.9. The average Bonchev–Trinajstić information content (AvgIpc) is 2.66. The lowest BCUT2D eigenvalue weighted by Crippen LogP contribution is -2.46. The summed E-state index contributed by atoms with van der Waals surface area (Å²) in [5.41, 5.74) is -0.615. The molecule has 1 aromatic carbocycles. The standard InChI is InChI=1S/C17H15ClF3N5O2/c18-11-4-1-3-10(12(11)19)17(5-2-6-17)25-16-23-7-9(8-24-16)14(27)26(22)15(28)13(20)21/h1,3-4,7-8,13H,2,5-6,22H2,(H,23,24,25). The maximum absolute atomic E-state index is 14.5. The summed E-state index contributed by atoms with van der Waals surface area (Å²) in [5, 5.41) is 2.86. The Balaban J connectivity index is 1.79. The maximum atomic E-state index is 14.5. The van der Waals surface area contributed by atoms with Crippen LogP contribution in [-0.2, 0) is 10.3 Å². The second-order valence-corrected chi connectivity index (χ2v) is 6.68. The molecule has 148 valence electrons. The van der Waals surface area contributed by atoms with Gasteiger partial charge in [-0.25, -0.2) is 25.2 Å². The van der Waals surface area contributed by atoms with Crippen molar-refractivity contribution in [1.29, 1.82) is 0 Å². The Kier molecular flexibility index (Phi) is 5.52. The van der Waals surface area contributed by atoms with E-state index in [1.165, 1.54) is 6.07 Å². The van der Waals surface area contributed by atoms with Crippen LogP contribution in [0.3, 0.4) is 0 Å². The number of imide groups is 1. The summed E-state index contributed by atoms with van der Waals surface area (Å²) >= 11 is 5.87. The number of rotatable bonds is 5. The highest BCUT2D eigenvalue weighted by Crippen LogP contribution is 2.45. The Morgan fingerprint density at radius 2 is 1.89 bits per heavy atom. The molecule has 11 heteroatoms. The van der Waals surface area contributed by atoms with E-state index in [4.69, 9.17) is 17.4 Å². The van der Waals surface area contributed by atoms with E-state index in [1.54, 1.807) is 12.1 Å². The van der Waals surface area contributed by atoms with Crippen molar-refractivity contribution in [3.8, 4) is 0 Å². The van der Waals surface area contributed by atoms with Gasteiger partial charge < -0.3 is 5.32 Å². The zero-order chi connectivity index (χ0) is 20.5. The van der Waals surface area contributed by atoms with Crippen LogP contribution in [0.5, 0.6) is 0 Å². The zero-order valence-corrected chi connectivity index (χ0v) is 15.1. The minimum atomic E-state index is -3.41. The number of aromatic nitrogens is 2. The summed E-state index contributed by atoms with van der Waals surface area (Å²) in [5.74, 6) is 1.66. The molecule has 0 radical (unpaired) electrons. The highest BCUT2D eigenvalue weighted by Gasteiger charge is 2.41. The third-order valence-electron chi connectivity index (χ3n) is 4.57. The smallest absolute Gasteiger partial charge is 0.317 e. The summed E-state index contributed by atoms with van der Waals surface area (Å²) < 4.78 is 39.2. The first-order chi connectivity index (χ1) is 13.2. The van der Waals surface area contributed by atoms with Crippen LogP contribution in [0.1, 0.15) is 35.2 Å². The van der Waals surface area contributed by atoms with Gasteiger partial charge in [-0.3, -0.25) is 9.59 Å². The van der Waals surface area contributed by atoms with Gasteiger partial charge in [-0.15, -0.1) is 0 Å². The van der Waals surface area contributed by atoms with Crippen molar-refractivity contribution >= 4 is 29.4 Å². The topological polar surface area (TPSA) is 101 Å². The van der Waals surface area contributed by atoms with E-state index in [1.807, 2.05) is 0 Å². The summed E-state index contributed by atoms with van der Waals surface area (Å²) in [6, 6.07) is 4.71. The fourth-order valence-electron chi connectivity index (χ4n) is 2.93. The number of amides is 2. The Bertz CT molecular complexity index is 906. The van der Waals surface area contributed by atoms with Gasteiger partial charge in [-0.05, 0) is 25.3 Å². The quantitative estimate of drug-likeness (QED) is 0.444. The highest BCUT2D eigenvalue weighted by molar-refractivity contribution is 6.30. The summed E-state index contributed by atoms with van der Waals surface area (Å²) in [6.07, 6.45) is 0.755. The lowest BCUT2D eigenvalue weighted by atomic mass is 9.71. The molecule has 1 aliphatic carbocycles. The Hall–Kier alpha value is -2.72. The number of alkyl halides is 2. The number of hydrogen-bond donors (Lipinski definition) is 2. The van der Waals surface area contributed by atoms with Crippen molar-refractivity contribution in [2.24, 2.45) is 5.84 Å². The van der Waals surface area contributed by atoms with Gasteiger partial charge in [-0.2, -0.15) is 8.78 Å². The maximum Gasteiger partial charge on any atom is 0.317 e. The molecule has 3 rings (SSSR count). The van der Waals surface area contributed by atoms with Gasteiger partial charge in [0, 0.05) is 18.0 Å². The molecule has 28 heavy (non-hydrogen) atoms. The van der Waals surface area contributed by atoms with Crippen LogP contribution in [0.2, 0.25) is 5.02 Å². The first-order valence-corrected chi connectivity index (χ1v) is 8.59. The molecule has 1 aliphatic rings. The second-order valence-electron chi connectivity index (χ2n) is 6.27. The molecule has 1 fully saturated rings. The number of carbonyl (C=O) groups is 2. The Morgan fingerprint density at radius 1 is 1.25 bits per heavy atom. The van der Waals surface area contributed by atoms with Crippen molar-refractivity contribution in [2.45, 2.75) is 31.2 Å². The molecule has 1 heterocycles. The molecule has 0 unspecified atom stereocenters. The molecule has 3 N–H and O–H groups in total. The van der Waals surface area contributed by atoms with Gasteiger partial charge in [0.1, 0.15) is 5.82 Å². The zero-order valence-electron chi connectivity index (χ0n) is 14.3. The van der Waals surface area contributed by atoms with Gasteiger partial charge >= 0.3 is 12.3 Å². The first kappa shape index (κ1) is 20.0. The molecule has 0 saturated heterocycles. The number of nitrogens with one attached hydrogen (secondary N) is 1. The van der Waals surface area contributed by atoms with Gasteiger partial charge in [0.15, 0.2) is 0 Å². The number of hydrazine groups is 1. The van der Waals surface area contributed by atoms with E-state index in [9.17, 15) is 22.8 Å². The molecule has 7 nitrogen and oxygen atoms in total. The van der Waals surface area contributed by atoms with Gasteiger partial charge in [0.25, 0.3) is 5.91 Å². The number of halogens is 4. The molecule has 1 saturated carbocycles. The monoisotopic (exact) mass is 413 g/mol. The van der Waals surface area contributed by atoms with E-state index >= 15 is 0 Å². The first-order valence-electron chi connectivity index (χ1n) is 8.21. The average molecular weight is 414 g/mol. The largest absolute Gasteiger partial charge is 0.345 e. The number of anilines is 1. The molecular weight excluding hydrogens is 399 g/mol. The second kappa shape index (κ2) is 7.72. The summed E-state index contributed by atoms with van der Waals surface area (Å²) in [6.45, 7) is 0. The van der Waals surface area contributed by atoms with E-state index in [0.29, 0.717) is 18.4 Å². The van der Waals surface area contributed by atoms with Crippen molar-refractivity contribution in [3.05, 3.63) is 52.6 Å². The van der Waals surface area contributed by atoms with Crippen molar-refractivity contribution in [3.63, 3.8) is 0 Å². The van der Waals surface area contributed by atoms with Crippen LogP contribution in [0.4, 0.5) is 19.1 Å². The van der Waals surface area contributed by atoms with E-state index in [0.717, 1.165) is 18.8 Å². The summed E-state index contributed by atoms with van der Waals surface area (Å²) in [7, 11) is 0. The van der Waals surface area contributed by atoms with Crippen LogP contribution >= 0.6 is 11.6 Å². The Labute approximate surface area is 162 Å². The molecule has 1 aromatic heterocycles. The molecule has 0 aliphatic heterocycles. The van der Waals surface area contributed by atoms with Crippen molar-refractivity contribution < 1.29 is 22.8 Å². The highest BCUT2D eigenvalue weighted by atomic mass is 35.5. The Morgan fingerprint density at radius 3 is 2.43 bits per heavy atom. The van der Waals surface area contributed by atoms with E-state index in [-0.39, 0.29) is 21.5 Å².